The highest BCUT2D eigenvalue weighted by molar-refractivity contribution is 7.27. The summed E-state index contributed by atoms with van der Waals surface area (Å²) in [4.78, 5) is 15.6. The average Bonchev–Trinajstić information content (AvgIpc) is 3.82. The van der Waals surface area contributed by atoms with Crippen molar-refractivity contribution < 1.29 is 0 Å². The summed E-state index contributed by atoms with van der Waals surface area (Å²) in [6.45, 7) is 0. The van der Waals surface area contributed by atoms with Crippen LogP contribution in [0.5, 0.6) is 0 Å². The van der Waals surface area contributed by atoms with E-state index in [-0.39, 0.29) is 0 Å². The van der Waals surface area contributed by atoms with E-state index in [0.717, 1.165) is 61.7 Å². The molecule has 0 aliphatic heterocycles. The third kappa shape index (κ3) is 5.32. The summed E-state index contributed by atoms with van der Waals surface area (Å²) in [5.41, 5.74) is 13.8. The predicted molar refractivity (Wildman–Crippen MR) is 234 cm³/mol. The molecule has 0 fully saturated rings. The fourth-order valence-corrected chi connectivity index (χ4v) is 9.41. The van der Waals surface area contributed by atoms with Gasteiger partial charge in [0.15, 0.2) is 5.82 Å². The van der Waals surface area contributed by atoms with Crippen LogP contribution in [-0.4, -0.2) is 19.5 Å². The van der Waals surface area contributed by atoms with E-state index in [1.165, 1.54) is 36.6 Å². The van der Waals surface area contributed by atoms with Crippen LogP contribution >= 0.6 is 11.3 Å². The number of thiophene rings is 1. The zero-order valence-corrected chi connectivity index (χ0v) is 31.0. The molecule has 11 rings (SSSR count). The van der Waals surface area contributed by atoms with Gasteiger partial charge in [0, 0.05) is 48.8 Å². The Morgan fingerprint density at radius 1 is 0.411 bits per heavy atom. The quantitative estimate of drug-likeness (QED) is 0.171. The number of rotatable bonds is 6. The van der Waals surface area contributed by atoms with Crippen LogP contribution in [0.3, 0.4) is 0 Å². The van der Waals surface area contributed by atoms with Gasteiger partial charge < -0.3 is 4.57 Å². The molecule has 0 saturated heterocycles. The van der Waals surface area contributed by atoms with Crippen molar-refractivity contribution in [2.45, 2.75) is 0 Å². The van der Waals surface area contributed by atoms with Gasteiger partial charge in [0.05, 0.1) is 38.3 Å². The molecule has 0 atom stereocenters. The van der Waals surface area contributed by atoms with Crippen molar-refractivity contribution in [1.29, 1.82) is 0 Å². The van der Waals surface area contributed by atoms with Gasteiger partial charge in [-0.25, -0.2) is 15.0 Å². The van der Waals surface area contributed by atoms with Crippen molar-refractivity contribution in [3.63, 3.8) is 0 Å². The maximum atomic E-state index is 5.51. The molecular weight excluding hydrogens is 701 g/mol. The number of aromatic nitrogens is 4. The first-order valence-electron chi connectivity index (χ1n) is 18.8. The SMILES string of the molecule is c1ccc(-c2cc(-c3ccc(-c4cccc5nc(-c6ccccc6)c6c(sc7c8ccccc8n(-c8ccccc8)c76)c45)cc3)nc(-c3ccccc3)n2)cc1. The van der Waals surface area contributed by atoms with Gasteiger partial charge in [-0.1, -0.05) is 164 Å². The van der Waals surface area contributed by atoms with Gasteiger partial charge in [-0.05, 0) is 41.5 Å². The van der Waals surface area contributed by atoms with Gasteiger partial charge in [0.25, 0.3) is 0 Å². The van der Waals surface area contributed by atoms with Crippen LogP contribution in [0.15, 0.2) is 194 Å². The number of benzene rings is 7. The van der Waals surface area contributed by atoms with E-state index in [4.69, 9.17) is 15.0 Å². The van der Waals surface area contributed by atoms with E-state index in [9.17, 15) is 0 Å². The monoisotopic (exact) mass is 732 g/mol. The molecule has 0 amide bonds. The molecule has 0 aliphatic carbocycles. The summed E-state index contributed by atoms with van der Waals surface area (Å²) in [6, 6.07) is 68.1. The average molecular weight is 733 g/mol. The molecule has 5 heteroatoms. The standard InChI is InChI=1S/C51H32N4S/c1-5-16-34(17-6-1)42-32-43(54-51(53-42)37-20-9-3-10-21-37)35-30-28-33(29-31-35)39-25-15-26-41-45(39)50-46(47(52-41)36-18-7-2-8-19-36)48-49(56-50)40-24-13-14-27-44(40)55(48)38-22-11-4-12-23-38/h1-32H. The Morgan fingerprint density at radius 3 is 1.68 bits per heavy atom. The molecule has 262 valence electrons. The molecule has 7 aromatic carbocycles. The Labute approximate surface area is 327 Å². The van der Waals surface area contributed by atoms with Crippen LogP contribution in [0.1, 0.15) is 0 Å². The number of pyridine rings is 1. The normalized spacial score (nSPS) is 11.6. The number of nitrogens with zero attached hydrogens (tertiary/aromatic N) is 4. The molecular formula is C51H32N4S. The van der Waals surface area contributed by atoms with E-state index in [2.05, 4.69) is 162 Å². The second-order valence-electron chi connectivity index (χ2n) is 14.0. The minimum absolute atomic E-state index is 0.708. The number of fused-ring (bicyclic) bond motifs is 7. The van der Waals surface area contributed by atoms with E-state index in [0.29, 0.717) is 5.82 Å². The second kappa shape index (κ2) is 13.3. The van der Waals surface area contributed by atoms with Crippen molar-refractivity contribution in [2.24, 2.45) is 0 Å². The zero-order valence-electron chi connectivity index (χ0n) is 30.2. The molecule has 0 unspecified atom stereocenters. The minimum atomic E-state index is 0.708. The van der Waals surface area contributed by atoms with Crippen LogP contribution in [-0.2, 0) is 0 Å². The molecule has 0 bridgehead atoms. The first-order chi connectivity index (χ1) is 27.8. The topological polar surface area (TPSA) is 43.6 Å². The molecule has 0 N–H and O–H groups in total. The van der Waals surface area contributed by atoms with Gasteiger partial charge in [0.1, 0.15) is 0 Å². The van der Waals surface area contributed by atoms with Crippen molar-refractivity contribution in [1.82, 2.24) is 19.5 Å². The lowest BCUT2D eigenvalue weighted by Gasteiger charge is -2.14. The van der Waals surface area contributed by atoms with Gasteiger partial charge in [-0.3, -0.25) is 0 Å². The highest BCUT2D eigenvalue weighted by Crippen LogP contribution is 2.49. The number of para-hydroxylation sites is 2. The van der Waals surface area contributed by atoms with Crippen molar-refractivity contribution >= 4 is 53.4 Å². The summed E-state index contributed by atoms with van der Waals surface area (Å²) < 4.78 is 4.93. The van der Waals surface area contributed by atoms with Crippen LogP contribution in [0.2, 0.25) is 0 Å². The minimum Gasteiger partial charge on any atom is -0.308 e. The summed E-state index contributed by atoms with van der Waals surface area (Å²) in [7, 11) is 0. The van der Waals surface area contributed by atoms with Crippen LogP contribution < -0.4 is 0 Å². The lowest BCUT2D eigenvalue weighted by Crippen LogP contribution is -1.96. The lowest BCUT2D eigenvalue weighted by molar-refractivity contribution is 1.18. The molecule has 4 nitrogen and oxygen atoms in total. The first kappa shape index (κ1) is 32.2. The van der Waals surface area contributed by atoms with E-state index >= 15 is 0 Å². The Kier molecular flexibility index (Phi) is 7.64. The van der Waals surface area contributed by atoms with Crippen molar-refractivity contribution in [3.05, 3.63) is 194 Å². The highest BCUT2D eigenvalue weighted by atomic mass is 32.1. The predicted octanol–water partition coefficient (Wildman–Crippen LogP) is 13.7. The maximum Gasteiger partial charge on any atom is 0.160 e. The molecule has 0 radical (unpaired) electrons. The van der Waals surface area contributed by atoms with Gasteiger partial charge in [-0.2, -0.15) is 0 Å². The summed E-state index contributed by atoms with van der Waals surface area (Å²) >= 11 is 1.88. The summed E-state index contributed by atoms with van der Waals surface area (Å²) in [6.07, 6.45) is 0. The molecule has 0 spiro atoms. The molecule has 4 aromatic heterocycles. The molecule has 0 saturated carbocycles. The molecule has 11 aromatic rings. The van der Waals surface area contributed by atoms with E-state index in [1.807, 2.05) is 47.7 Å². The number of hydrogen-bond donors (Lipinski definition) is 0. The molecule has 4 heterocycles. The van der Waals surface area contributed by atoms with Crippen molar-refractivity contribution in [2.75, 3.05) is 0 Å². The van der Waals surface area contributed by atoms with Gasteiger partial charge in [0.2, 0.25) is 0 Å². The highest BCUT2D eigenvalue weighted by Gasteiger charge is 2.24. The maximum absolute atomic E-state index is 5.51. The van der Waals surface area contributed by atoms with Crippen LogP contribution in [0.25, 0.3) is 104 Å². The Hall–Kier alpha value is -7.21. The van der Waals surface area contributed by atoms with Crippen LogP contribution in [0.4, 0.5) is 0 Å². The van der Waals surface area contributed by atoms with Gasteiger partial charge >= 0.3 is 0 Å². The largest absolute Gasteiger partial charge is 0.308 e. The molecule has 56 heavy (non-hydrogen) atoms. The Bertz CT molecular complexity index is 3150. The Morgan fingerprint density at radius 2 is 0.982 bits per heavy atom. The van der Waals surface area contributed by atoms with Crippen LogP contribution in [0, 0.1) is 0 Å². The second-order valence-corrected chi connectivity index (χ2v) is 15.0. The number of hydrogen-bond acceptors (Lipinski definition) is 4. The fourth-order valence-electron chi connectivity index (χ4n) is 8.02. The first-order valence-corrected chi connectivity index (χ1v) is 19.6. The molecule has 0 aliphatic rings. The third-order valence-electron chi connectivity index (χ3n) is 10.6. The smallest absolute Gasteiger partial charge is 0.160 e. The van der Waals surface area contributed by atoms with Gasteiger partial charge in [-0.15, -0.1) is 11.3 Å². The van der Waals surface area contributed by atoms with E-state index < -0.39 is 0 Å². The lowest BCUT2D eigenvalue weighted by atomic mass is 9.96. The van der Waals surface area contributed by atoms with Crippen molar-refractivity contribution in [3.8, 4) is 62.0 Å². The fraction of sp³-hybridized carbons (Fsp3) is 0. The zero-order chi connectivity index (χ0) is 37.0. The third-order valence-corrected chi connectivity index (χ3v) is 11.8. The Balaban J connectivity index is 1.13. The summed E-state index contributed by atoms with van der Waals surface area (Å²) in [5.74, 6) is 0.708. The summed E-state index contributed by atoms with van der Waals surface area (Å²) in [5, 5.41) is 3.59. The van der Waals surface area contributed by atoms with E-state index in [1.54, 1.807) is 0 Å².